The lowest BCUT2D eigenvalue weighted by atomic mass is 10.0. The fourth-order valence-electron chi connectivity index (χ4n) is 4.51. The Labute approximate surface area is 184 Å². The number of nitrogens with zero attached hydrogens (tertiary/aromatic N) is 6. The Morgan fingerprint density at radius 3 is 2.39 bits per heavy atom. The molecule has 0 unspecified atom stereocenters. The summed E-state index contributed by atoms with van der Waals surface area (Å²) >= 11 is 0. The average molecular weight is 421 g/mol. The SMILES string of the molecule is CCc1nccn1C[C@@H](C)C(=O)N1CCN([C@@H](c2ccccc2)c2nccn2C)CC1. The first-order valence-corrected chi connectivity index (χ1v) is 11.1. The van der Waals surface area contributed by atoms with Gasteiger partial charge in [-0.05, 0) is 5.56 Å². The van der Waals surface area contributed by atoms with E-state index in [9.17, 15) is 4.79 Å². The molecule has 31 heavy (non-hydrogen) atoms. The van der Waals surface area contributed by atoms with Gasteiger partial charge in [0.15, 0.2) is 0 Å². The van der Waals surface area contributed by atoms with Gasteiger partial charge in [0.1, 0.15) is 11.6 Å². The van der Waals surface area contributed by atoms with Crippen molar-refractivity contribution in [1.82, 2.24) is 28.9 Å². The molecule has 1 aliphatic rings. The number of imidazole rings is 2. The van der Waals surface area contributed by atoms with Crippen LogP contribution >= 0.6 is 0 Å². The van der Waals surface area contributed by atoms with E-state index in [1.165, 1.54) is 5.56 Å². The molecule has 2 aromatic heterocycles. The zero-order chi connectivity index (χ0) is 21.8. The third kappa shape index (κ3) is 4.56. The van der Waals surface area contributed by atoms with Crippen LogP contribution in [0.15, 0.2) is 55.1 Å². The second kappa shape index (κ2) is 9.47. The van der Waals surface area contributed by atoms with Crippen LogP contribution in [0.5, 0.6) is 0 Å². The molecule has 2 atom stereocenters. The van der Waals surface area contributed by atoms with Gasteiger partial charge in [0.2, 0.25) is 5.91 Å². The van der Waals surface area contributed by atoms with Crippen molar-refractivity contribution in [2.45, 2.75) is 32.9 Å². The molecule has 1 saturated heterocycles. The Morgan fingerprint density at radius 1 is 1.03 bits per heavy atom. The first-order chi connectivity index (χ1) is 15.1. The van der Waals surface area contributed by atoms with Crippen LogP contribution in [0, 0.1) is 5.92 Å². The van der Waals surface area contributed by atoms with Gasteiger partial charge in [0, 0.05) is 71.0 Å². The van der Waals surface area contributed by atoms with Crippen molar-refractivity contribution in [1.29, 1.82) is 0 Å². The molecule has 7 nitrogen and oxygen atoms in total. The normalized spacial score (nSPS) is 16.9. The quantitative estimate of drug-likeness (QED) is 0.590. The summed E-state index contributed by atoms with van der Waals surface area (Å²) in [5, 5.41) is 0. The van der Waals surface area contributed by atoms with Gasteiger partial charge < -0.3 is 14.0 Å². The molecule has 3 aromatic rings. The van der Waals surface area contributed by atoms with E-state index in [4.69, 9.17) is 0 Å². The number of aromatic nitrogens is 4. The summed E-state index contributed by atoms with van der Waals surface area (Å²) in [7, 11) is 2.04. The maximum atomic E-state index is 13.1. The van der Waals surface area contributed by atoms with Crippen molar-refractivity contribution in [2.24, 2.45) is 13.0 Å². The van der Waals surface area contributed by atoms with Crippen LogP contribution < -0.4 is 0 Å². The highest BCUT2D eigenvalue weighted by Crippen LogP contribution is 2.28. The number of hydrogen-bond donors (Lipinski definition) is 0. The minimum Gasteiger partial charge on any atom is -0.340 e. The molecule has 1 aliphatic heterocycles. The summed E-state index contributed by atoms with van der Waals surface area (Å²) in [6.45, 7) is 7.93. The van der Waals surface area contributed by atoms with Crippen LogP contribution in [0.3, 0.4) is 0 Å². The maximum absolute atomic E-state index is 13.1. The van der Waals surface area contributed by atoms with Gasteiger partial charge in [0.25, 0.3) is 0 Å². The second-order valence-corrected chi connectivity index (χ2v) is 8.32. The lowest BCUT2D eigenvalue weighted by Gasteiger charge is -2.40. The Hall–Kier alpha value is -2.93. The van der Waals surface area contributed by atoms with Crippen molar-refractivity contribution in [3.63, 3.8) is 0 Å². The molecule has 1 aromatic carbocycles. The molecule has 7 heteroatoms. The van der Waals surface area contributed by atoms with Crippen LogP contribution in [-0.2, 0) is 24.8 Å². The van der Waals surface area contributed by atoms with Gasteiger partial charge in [-0.1, -0.05) is 44.2 Å². The molecule has 0 N–H and O–H groups in total. The molecule has 1 amide bonds. The van der Waals surface area contributed by atoms with Crippen LogP contribution in [-0.4, -0.2) is 61.0 Å². The van der Waals surface area contributed by atoms with Crippen molar-refractivity contribution in [2.75, 3.05) is 26.2 Å². The molecule has 0 bridgehead atoms. The number of amides is 1. The highest BCUT2D eigenvalue weighted by Gasteiger charge is 2.31. The lowest BCUT2D eigenvalue weighted by molar-refractivity contribution is -0.137. The van der Waals surface area contributed by atoms with Gasteiger partial charge >= 0.3 is 0 Å². The number of rotatable bonds is 7. The number of hydrogen-bond acceptors (Lipinski definition) is 4. The van der Waals surface area contributed by atoms with Gasteiger partial charge in [-0.3, -0.25) is 9.69 Å². The Bertz CT molecular complexity index is 986. The standard InChI is InChI=1S/C24H32N6O/c1-4-21-25-11-13-30(21)18-19(2)24(31)29-16-14-28(15-17-29)22(20-8-6-5-7-9-20)23-26-10-12-27(23)3/h5-13,19,22H,4,14-18H2,1-3H3/t19-,22+/m1/s1. The summed E-state index contributed by atoms with van der Waals surface area (Å²) in [5.74, 6) is 2.23. The lowest BCUT2D eigenvalue weighted by Crippen LogP contribution is -2.51. The molecule has 4 rings (SSSR count). The highest BCUT2D eigenvalue weighted by molar-refractivity contribution is 5.78. The average Bonchev–Trinajstić information content (AvgIpc) is 3.43. The van der Waals surface area contributed by atoms with E-state index in [-0.39, 0.29) is 17.9 Å². The van der Waals surface area contributed by atoms with Crippen molar-refractivity contribution in [3.05, 3.63) is 72.3 Å². The molecular weight excluding hydrogens is 388 g/mol. The number of carbonyl (C=O) groups is 1. The minimum atomic E-state index is -0.0643. The molecule has 164 valence electrons. The first kappa shape index (κ1) is 21.3. The van der Waals surface area contributed by atoms with E-state index < -0.39 is 0 Å². The highest BCUT2D eigenvalue weighted by atomic mass is 16.2. The zero-order valence-electron chi connectivity index (χ0n) is 18.7. The summed E-state index contributed by atoms with van der Waals surface area (Å²) in [6.07, 6.45) is 8.51. The van der Waals surface area contributed by atoms with Crippen molar-refractivity contribution < 1.29 is 4.79 Å². The Morgan fingerprint density at radius 2 is 1.74 bits per heavy atom. The largest absolute Gasteiger partial charge is 0.340 e. The monoisotopic (exact) mass is 420 g/mol. The van der Waals surface area contributed by atoms with Crippen LogP contribution in [0.2, 0.25) is 0 Å². The summed E-state index contributed by atoms with van der Waals surface area (Å²) in [5.41, 5.74) is 1.23. The minimum absolute atomic E-state index is 0.0643. The van der Waals surface area contributed by atoms with E-state index >= 15 is 0 Å². The van der Waals surface area contributed by atoms with Crippen LogP contribution in [0.25, 0.3) is 0 Å². The molecule has 1 fully saturated rings. The number of piperazine rings is 1. The third-order valence-electron chi connectivity index (χ3n) is 6.22. The van der Waals surface area contributed by atoms with Crippen molar-refractivity contribution in [3.8, 4) is 0 Å². The smallest absolute Gasteiger partial charge is 0.227 e. The molecule has 0 saturated carbocycles. The predicted octanol–water partition coefficient (Wildman–Crippen LogP) is 2.75. The van der Waals surface area contributed by atoms with Gasteiger partial charge in [0.05, 0.1) is 12.0 Å². The molecular formula is C24H32N6O. The number of benzene rings is 1. The molecule has 3 heterocycles. The van der Waals surface area contributed by atoms with Crippen LogP contribution in [0.4, 0.5) is 0 Å². The van der Waals surface area contributed by atoms with E-state index in [0.717, 1.165) is 44.2 Å². The van der Waals surface area contributed by atoms with E-state index in [1.54, 1.807) is 0 Å². The zero-order valence-corrected chi connectivity index (χ0v) is 18.7. The second-order valence-electron chi connectivity index (χ2n) is 8.32. The third-order valence-corrected chi connectivity index (χ3v) is 6.22. The predicted molar refractivity (Wildman–Crippen MR) is 120 cm³/mol. The van der Waals surface area contributed by atoms with E-state index in [1.807, 2.05) is 49.7 Å². The van der Waals surface area contributed by atoms with Crippen molar-refractivity contribution >= 4 is 5.91 Å². The molecule has 0 spiro atoms. The van der Waals surface area contributed by atoms with E-state index in [2.05, 4.69) is 55.2 Å². The van der Waals surface area contributed by atoms with Gasteiger partial charge in [-0.2, -0.15) is 0 Å². The molecule has 0 radical (unpaired) electrons. The van der Waals surface area contributed by atoms with Gasteiger partial charge in [-0.25, -0.2) is 9.97 Å². The Balaban J connectivity index is 1.43. The fraction of sp³-hybridized carbons (Fsp3) is 0.458. The van der Waals surface area contributed by atoms with E-state index in [0.29, 0.717) is 6.54 Å². The number of aryl methyl sites for hydroxylation is 2. The fourth-order valence-corrected chi connectivity index (χ4v) is 4.51. The van der Waals surface area contributed by atoms with Gasteiger partial charge in [-0.15, -0.1) is 0 Å². The summed E-state index contributed by atoms with van der Waals surface area (Å²) in [6, 6.07) is 10.6. The first-order valence-electron chi connectivity index (χ1n) is 11.1. The Kier molecular flexibility index (Phi) is 6.51. The number of carbonyl (C=O) groups excluding carboxylic acids is 1. The summed E-state index contributed by atoms with van der Waals surface area (Å²) in [4.78, 5) is 26.6. The summed E-state index contributed by atoms with van der Waals surface area (Å²) < 4.78 is 4.19. The van der Waals surface area contributed by atoms with Crippen LogP contribution in [0.1, 0.15) is 37.1 Å². The topological polar surface area (TPSA) is 59.2 Å². The molecule has 0 aliphatic carbocycles. The maximum Gasteiger partial charge on any atom is 0.227 e.